The lowest BCUT2D eigenvalue weighted by molar-refractivity contribution is 0.0597. The van der Waals surface area contributed by atoms with E-state index in [2.05, 4.69) is 10.6 Å². The van der Waals surface area contributed by atoms with Gasteiger partial charge < -0.3 is 15.7 Å². The SMILES string of the molecule is O=C(O)NC12CNCC(C1)C2. The first kappa shape index (κ1) is 6.91. The quantitative estimate of drug-likeness (QED) is 0.501. The lowest BCUT2D eigenvalue weighted by Gasteiger charge is -2.52. The van der Waals surface area contributed by atoms with Gasteiger partial charge in [-0.15, -0.1) is 0 Å². The fourth-order valence-electron chi connectivity index (χ4n) is 2.22. The Morgan fingerprint density at radius 2 is 2.36 bits per heavy atom. The Morgan fingerprint density at radius 1 is 1.64 bits per heavy atom. The Labute approximate surface area is 65.0 Å². The fraction of sp³-hybridized carbons (Fsp3) is 0.857. The first-order valence-electron chi connectivity index (χ1n) is 3.92. The van der Waals surface area contributed by atoms with E-state index >= 15 is 0 Å². The molecule has 0 aromatic carbocycles. The molecule has 3 fully saturated rings. The predicted octanol–water partition coefficient (Wildman–Crippen LogP) is 0.00600. The van der Waals surface area contributed by atoms with Gasteiger partial charge in [-0.25, -0.2) is 4.79 Å². The maximum absolute atomic E-state index is 10.4. The van der Waals surface area contributed by atoms with E-state index < -0.39 is 6.09 Å². The molecule has 2 saturated heterocycles. The standard InChI is InChI=1S/C7H12N2O2/c10-6(11)9-7-1-5(2-7)3-8-4-7/h5,8-9H,1-4H2,(H,10,11). The van der Waals surface area contributed by atoms with E-state index in [1.807, 2.05) is 0 Å². The zero-order chi connectivity index (χ0) is 7.90. The van der Waals surface area contributed by atoms with Crippen molar-refractivity contribution in [1.82, 2.24) is 10.6 Å². The molecule has 1 amide bonds. The fourth-order valence-corrected chi connectivity index (χ4v) is 2.22. The molecule has 2 bridgehead atoms. The molecule has 1 aliphatic carbocycles. The summed E-state index contributed by atoms with van der Waals surface area (Å²) in [4.78, 5) is 10.4. The van der Waals surface area contributed by atoms with Crippen LogP contribution in [0.5, 0.6) is 0 Å². The molecule has 4 heteroatoms. The molecule has 11 heavy (non-hydrogen) atoms. The Hall–Kier alpha value is -0.770. The Bertz CT molecular complexity index is 181. The van der Waals surface area contributed by atoms with Crippen LogP contribution in [0, 0.1) is 5.92 Å². The number of amides is 1. The summed E-state index contributed by atoms with van der Waals surface area (Å²) in [6.45, 7) is 1.86. The molecular formula is C7H12N2O2. The summed E-state index contributed by atoms with van der Waals surface area (Å²) < 4.78 is 0. The van der Waals surface area contributed by atoms with Crippen molar-refractivity contribution >= 4 is 6.09 Å². The Kier molecular flexibility index (Phi) is 1.32. The third-order valence-electron chi connectivity index (χ3n) is 2.63. The lowest BCUT2D eigenvalue weighted by Crippen LogP contribution is -2.67. The van der Waals surface area contributed by atoms with Gasteiger partial charge in [-0.3, -0.25) is 0 Å². The number of nitrogens with one attached hydrogen (secondary N) is 2. The van der Waals surface area contributed by atoms with Crippen LogP contribution in [-0.4, -0.2) is 29.8 Å². The van der Waals surface area contributed by atoms with Crippen molar-refractivity contribution in [3.05, 3.63) is 0 Å². The van der Waals surface area contributed by atoms with Gasteiger partial charge >= 0.3 is 6.09 Å². The summed E-state index contributed by atoms with van der Waals surface area (Å²) in [5, 5.41) is 14.3. The molecule has 2 aliphatic heterocycles. The summed E-state index contributed by atoms with van der Waals surface area (Å²) in [7, 11) is 0. The maximum atomic E-state index is 10.4. The first-order chi connectivity index (χ1) is 5.20. The van der Waals surface area contributed by atoms with Crippen molar-refractivity contribution in [1.29, 1.82) is 0 Å². The molecule has 4 nitrogen and oxygen atoms in total. The number of carbonyl (C=O) groups is 1. The second-order valence-corrected chi connectivity index (χ2v) is 3.62. The number of carboxylic acid groups (broad SMARTS) is 1. The van der Waals surface area contributed by atoms with Crippen LogP contribution < -0.4 is 10.6 Å². The highest BCUT2D eigenvalue weighted by molar-refractivity contribution is 5.66. The molecule has 3 rings (SSSR count). The topological polar surface area (TPSA) is 61.4 Å². The van der Waals surface area contributed by atoms with Crippen molar-refractivity contribution in [3.8, 4) is 0 Å². The largest absolute Gasteiger partial charge is 0.465 e. The van der Waals surface area contributed by atoms with Crippen LogP contribution in [0.25, 0.3) is 0 Å². The van der Waals surface area contributed by atoms with E-state index in [-0.39, 0.29) is 5.54 Å². The van der Waals surface area contributed by atoms with E-state index in [9.17, 15) is 4.79 Å². The zero-order valence-electron chi connectivity index (χ0n) is 6.26. The van der Waals surface area contributed by atoms with Crippen LogP contribution in [-0.2, 0) is 0 Å². The van der Waals surface area contributed by atoms with Gasteiger partial charge in [-0.05, 0) is 25.3 Å². The van der Waals surface area contributed by atoms with E-state index in [1.54, 1.807) is 0 Å². The minimum atomic E-state index is -0.896. The third-order valence-corrected chi connectivity index (χ3v) is 2.63. The van der Waals surface area contributed by atoms with Crippen molar-refractivity contribution in [2.75, 3.05) is 13.1 Å². The number of rotatable bonds is 1. The predicted molar refractivity (Wildman–Crippen MR) is 39.5 cm³/mol. The second-order valence-electron chi connectivity index (χ2n) is 3.62. The molecule has 62 valence electrons. The van der Waals surface area contributed by atoms with Crippen LogP contribution in [0.15, 0.2) is 0 Å². The van der Waals surface area contributed by atoms with Crippen LogP contribution in [0.1, 0.15) is 12.8 Å². The highest BCUT2D eigenvalue weighted by Gasteiger charge is 2.47. The zero-order valence-corrected chi connectivity index (χ0v) is 6.26. The Balaban J connectivity index is 1.96. The molecule has 0 radical (unpaired) electrons. The number of fused-ring (bicyclic) bond motifs is 2. The second kappa shape index (κ2) is 2.11. The van der Waals surface area contributed by atoms with Crippen LogP contribution in [0.4, 0.5) is 4.79 Å². The van der Waals surface area contributed by atoms with Crippen LogP contribution in [0.3, 0.4) is 0 Å². The molecule has 3 aliphatic rings. The van der Waals surface area contributed by atoms with Gasteiger partial charge in [0, 0.05) is 6.54 Å². The normalized spacial score (nSPS) is 40.9. The highest BCUT2D eigenvalue weighted by Crippen LogP contribution is 2.39. The monoisotopic (exact) mass is 156 g/mol. The van der Waals surface area contributed by atoms with Crippen molar-refractivity contribution in [2.45, 2.75) is 18.4 Å². The molecule has 0 aromatic rings. The minimum Gasteiger partial charge on any atom is -0.465 e. The Morgan fingerprint density at radius 3 is 2.82 bits per heavy atom. The number of piperidine rings is 2. The molecule has 0 spiro atoms. The average molecular weight is 156 g/mol. The summed E-state index contributed by atoms with van der Waals surface area (Å²) in [6.07, 6.45) is 1.14. The first-order valence-corrected chi connectivity index (χ1v) is 3.92. The molecule has 1 saturated carbocycles. The summed E-state index contributed by atoms with van der Waals surface area (Å²) in [6, 6.07) is 0. The van der Waals surface area contributed by atoms with Crippen molar-refractivity contribution < 1.29 is 9.90 Å². The highest BCUT2D eigenvalue weighted by atomic mass is 16.4. The lowest BCUT2D eigenvalue weighted by atomic mass is 9.65. The summed E-state index contributed by atoms with van der Waals surface area (Å²) >= 11 is 0. The van der Waals surface area contributed by atoms with Gasteiger partial charge in [-0.1, -0.05) is 0 Å². The van der Waals surface area contributed by atoms with E-state index in [0.29, 0.717) is 5.92 Å². The minimum absolute atomic E-state index is 0.116. The van der Waals surface area contributed by atoms with Gasteiger partial charge in [0.1, 0.15) is 0 Å². The van der Waals surface area contributed by atoms with E-state index in [4.69, 9.17) is 5.11 Å². The van der Waals surface area contributed by atoms with Crippen LogP contribution in [0.2, 0.25) is 0 Å². The molecule has 2 heterocycles. The van der Waals surface area contributed by atoms with E-state index in [0.717, 1.165) is 25.9 Å². The summed E-state index contributed by atoms with van der Waals surface area (Å²) in [5.41, 5.74) is -0.116. The maximum Gasteiger partial charge on any atom is 0.405 e. The van der Waals surface area contributed by atoms with E-state index in [1.165, 1.54) is 0 Å². The summed E-state index contributed by atoms with van der Waals surface area (Å²) in [5.74, 6) is 0.704. The number of hydrogen-bond acceptors (Lipinski definition) is 2. The van der Waals surface area contributed by atoms with Gasteiger partial charge in [0.15, 0.2) is 0 Å². The molecular weight excluding hydrogens is 144 g/mol. The third kappa shape index (κ3) is 1.07. The van der Waals surface area contributed by atoms with Gasteiger partial charge in [0.25, 0.3) is 0 Å². The average Bonchev–Trinajstić information content (AvgIpc) is 1.84. The number of hydrogen-bond donors (Lipinski definition) is 3. The molecule has 3 N–H and O–H groups in total. The van der Waals surface area contributed by atoms with Gasteiger partial charge in [0.2, 0.25) is 0 Å². The van der Waals surface area contributed by atoms with Crippen molar-refractivity contribution in [2.24, 2.45) is 5.92 Å². The smallest absolute Gasteiger partial charge is 0.405 e. The van der Waals surface area contributed by atoms with Gasteiger partial charge in [-0.2, -0.15) is 0 Å². The van der Waals surface area contributed by atoms with Crippen molar-refractivity contribution in [3.63, 3.8) is 0 Å². The molecule has 0 unspecified atom stereocenters. The molecule has 0 aromatic heterocycles. The van der Waals surface area contributed by atoms with Crippen LogP contribution >= 0.6 is 0 Å². The molecule has 0 atom stereocenters. The van der Waals surface area contributed by atoms with Gasteiger partial charge in [0.05, 0.1) is 5.54 Å².